The molecule has 0 bridgehead atoms. The van der Waals surface area contributed by atoms with Crippen molar-refractivity contribution in [2.75, 3.05) is 0 Å². The van der Waals surface area contributed by atoms with E-state index in [0.717, 1.165) is 0 Å². The van der Waals surface area contributed by atoms with Crippen LogP contribution >= 0.6 is 22.6 Å². The topological polar surface area (TPSA) is 50.2 Å². The minimum Gasteiger partial charge on any atom is -0.476 e. The van der Waals surface area contributed by atoms with Gasteiger partial charge in [-0.25, -0.2) is 18.6 Å². The summed E-state index contributed by atoms with van der Waals surface area (Å²) in [6, 6.07) is 0.114. The van der Waals surface area contributed by atoms with Crippen LogP contribution in [0.4, 0.5) is 22.0 Å². The highest BCUT2D eigenvalue weighted by Crippen LogP contribution is 2.35. The van der Waals surface area contributed by atoms with Gasteiger partial charge in [0, 0.05) is 0 Å². The van der Waals surface area contributed by atoms with Gasteiger partial charge in [-0.3, -0.25) is 0 Å². The largest absolute Gasteiger partial charge is 0.476 e. The molecule has 1 N–H and O–H groups in total. The van der Waals surface area contributed by atoms with Gasteiger partial charge in [-0.1, -0.05) is 0 Å². The molecule has 1 aromatic heterocycles. The van der Waals surface area contributed by atoms with Gasteiger partial charge in [0.25, 0.3) is 6.43 Å². The van der Waals surface area contributed by atoms with Crippen LogP contribution in [0.3, 0.4) is 0 Å². The lowest BCUT2D eigenvalue weighted by atomic mass is 10.1. The summed E-state index contributed by atoms with van der Waals surface area (Å²) in [5.41, 5.74) is -3.91. The Morgan fingerprint density at radius 2 is 1.94 bits per heavy atom. The number of rotatable bonds is 2. The maximum atomic E-state index is 12.4. The van der Waals surface area contributed by atoms with E-state index in [2.05, 4.69) is 4.98 Å². The van der Waals surface area contributed by atoms with Crippen molar-refractivity contribution in [3.63, 3.8) is 0 Å². The molecule has 0 radical (unpaired) electrons. The van der Waals surface area contributed by atoms with Gasteiger partial charge in [0.1, 0.15) is 3.70 Å². The molecule has 1 rings (SSSR count). The second-order valence-electron chi connectivity index (χ2n) is 2.87. The molecule has 3 nitrogen and oxygen atoms in total. The summed E-state index contributed by atoms with van der Waals surface area (Å²) >= 11 is 1.26. The third kappa shape index (κ3) is 3.01. The van der Waals surface area contributed by atoms with Crippen molar-refractivity contribution >= 4 is 28.6 Å². The molecular formula is C8H3F5INO2. The normalized spacial score (nSPS) is 11.9. The monoisotopic (exact) mass is 367 g/mol. The van der Waals surface area contributed by atoms with E-state index in [1.807, 2.05) is 0 Å². The lowest BCUT2D eigenvalue weighted by molar-refractivity contribution is -0.138. The van der Waals surface area contributed by atoms with E-state index in [0.29, 0.717) is 0 Å². The van der Waals surface area contributed by atoms with Crippen LogP contribution in [0.2, 0.25) is 0 Å². The molecule has 0 unspecified atom stereocenters. The van der Waals surface area contributed by atoms with Crippen LogP contribution in [0, 0.1) is 3.70 Å². The number of aromatic carboxylic acids is 1. The highest BCUT2D eigenvalue weighted by atomic mass is 127. The summed E-state index contributed by atoms with van der Waals surface area (Å²) in [4.78, 5) is 13.6. The molecule has 0 aliphatic carbocycles. The molecule has 0 aromatic carbocycles. The summed E-state index contributed by atoms with van der Waals surface area (Å²) in [6.45, 7) is 0. The van der Waals surface area contributed by atoms with Crippen molar-refractivity contribution in [3.8, 4) is 0 Å². The van der Waals surface area contributed by atoms with Crippen LogP contribution < -0.4 is 0 Å². The molecule has 0 aliphatic heterocycles. The number of pyridine rings is 1. The summed E-state index contributed by atoms with van der Waals surface area (Å²) < 4.78 is 61.6. The third-order valence-electron chi connectivity index (χ3n) is 1.75. The van der Waals surface area contributed by atoms with Gasteiger partial charge in [-0.15, -0.1) is 0 Å². The van der Waals surface area contributed by atoms with Crippen LogP contribution in [0.1, 0.15) is 28.0 Å². The summed E-state index contributed by atoms with van der Waals surface area (Å²) in [6.07, 6.45) is -8.20. The Hall–Kier alpha value is -1.00. The van der Waals surface area contributed by atoms with Crippen molar-refractivity contribution in [1.82, 2.24) is 4.98 Å². The van der Waals surface area contributed by atoms with Crippen molar-refractivity contribution in [2.24, 2.45) is 0 Å². The molecule has 0 spiro atoms. The minimum atomic E-state index is -5.05. The zero-order chi connectivity index (χ0) is 13.4. The molecule has 0 fully saturated rings. The SMILES string of the molecule is O=C(O)c1nc(I)c(C(F)F)cc1C(F)(F)F. The molecule has 1 heterocycles. The average Bonchev–Trinajstić information content (AvgIpc) is 2.14. The molecule has 0 amide bonds. The number of aromatic nitrogens is 1. The van der Waals surface area contributed by atoms with Crippen LogP contribution in [0.5, 0.6) is 0 Å². The zero-order valence-corrected chi connectivity index (χ0v) is 9.88. The standard InChI is InChI=1S/C8H3F5INO2/c9-5(10)2-1-3(8(11,12)13)4(7(16)17)15-6(2)14/h1,5H,(H,16,17). The van der Waals surface area contributed by atoms with Crippen LogP contribution in [-0.4, -0.2) is 16.1 Å². The second-order valence-corrected chi connectivity index (χ2v) is 3.89. The second kappa shape index (κ2) is 4.70. The van der Waals surface area contributed by atoms with Crippen LogP contribution in [0.25, 0.3) is 0 Å². The van der Waals surface area contributed by atoms with E-state index in [-0.39, 0.29) is 6.07 Å². The molecule has 94 valence electrons. The van der Waals surface area contributed by atoms with Crippen LogP contribution in [-0.2, 0) is 6.18 Å². The summed E-state index contributed by atoms with van der Waals surface area (Å²) in [5.74, 6) is -1.92. The van der Waals surface area contributed by atoms with Crippen molar-refractivity contribution in [3.05, 3.63) is 26.6 Å². The number of hydrogen-bond acceptors (Lipinski definition) is 2. The first-order valence-electron chi connectivity index (χ1n) is 3.93. The Labute approximate surface area is 105 Å². The van der Waals surface area contributed by atoms with E-state index in [1.165, 1.54) is 22.6 Å². The van der Waals surface area contributed by atoms with Gasteiger partial charge < -0.3 is 5.11 Å². The number of carbonyl (C=O) groups is 1. The number of carboxylic acids is 1. The predicted molar refractivity (Wildman–Crippen MR) is 53.9 cm³/mol. The Morgan fingerprint density at radius 1 is 1.41 bits per heavy atom. The fourth-order valence-corrected chi connectivity index (χ4v) is 1.67. The molecule has 0 aliphatic rings. The summed E-state index contributed by atoms with van der Waals surface area (Å²) in [5, 5.41) is 8.53. The quantitative estimate of drug-likeness (QED) is 0.496. The van der Waals surface area contributed by atoms with E-state index < -0.39 is 39.1 Å². The van der Waals surface area contributed by atoms with Gasteiger partial charge in [-0.2, -0.15) is 13.2 Å². The molecule has 0 atom stereocenters. The van der Waals surface area contributed by atoms with Crippen molar-refractivity contribution in [1.29, 1.82) is 0 Å². The van der Waals surface area contributed by atoms with Gasteiger partial charge in [0.15, 0.2) is 5.69 Å². The maximum Gasteiger partial charge on any atom is 0.418 e. The molecule has 0 saturated carbocycles. The number of halogens is 6. The highest BCUT2D eigenvalue weighted by molar-refractivity contribution is 14.1. The lowest BCUT2D eigenvalue weighted by Crippen LogP contribution is -2.17. The Bertz CT molecular complexity index is 460. The number of nitrogens with zero attached hydrogens (tertiary/aromatic N) is 1. The maximum absolute atomic E-state index is 12.4. The van der Waals surface area contributed by atoms with E-state index in [1.54, 1.807) is 0 Å². The fraction of sp³-hybridized carbons (Fsp3) is 0.250. The third-order valence-corrected chi connectivity index (χ3v) is 2.61. The first-order valence-corrected chi connectivity index (χ1v) is 5.01. The van der Waals surface area contributed by atoms with Gasteiger partial charge >= 0.3 is 12.1 Å². The Balaban J connectivity index is 3.54. The minimum absolute atomic E-state index is 0.114. The number of hydrogen-bond donors (Lipinski definition) is 1. The van der Waals surface area contributed by atoms with Gasteiger partial charge in [-0.05, 0) is 28.7 Å². The number of carboxylic acid groups (broad SMARTS) is 1. The number of alkyl halides is 5. The molecule has 1 aromatic rings. The molecular weight excluding hydrogens is 364 g/mol. The fourth-order valence-electron chi connectivity index (χ4n) is 1.04. The highest BCUT2D eigenvalue weighted by Gasteiger charge is 2.38. The first kappa shape index (κ1) is 14.1. The van der Waals surface area contributed by atoms with Gasteiger partial charge in [0.05, 0.1) is 11.1 Å². The van der Waals surface area contributed by atoms with Gasteiger partial charge in [0.2, 0.25) is 0 Å². The van der Waals surface area contributed by atoms with Crippen molar-refractivity contribution < 1.29 is 31.9 Å². The summed E-state index contributed by atoms with van der Waals surface area (Å²) in [7, 11) is 0. The molecule has 0 saturated heterocycles. The Kier molecular flexibility index (Phi) is 3.89. The Morgan fingerprint density at radius 3 is 2.29 bits per heavy atom. The van der Waals surface area contributed by atoms with E-state index in [9.17, 15) is 26.7 Å². The van der Waals surface area contributed by atoms with E-state index >= 15 is 0 Å². The first-order chi connectivity index (χ1) is 7.64. The lowest BCUT2D eigenvalue weighted by Gasteiger charge is -2.12. The van der Waals surface area contributed by atoms with E-state index in [4.69, 9.17) is 5.11 Å². The predicted octanol–water partition coefficient (Wildman–Crippen LogP) is 3.34. The molecule has 9 heteroatoms. The smallest absolute Gasteiger partial charge is 0.418 e. The van der Waals surface area contributed by atoms with Crippen LogP contribution in [0.15, 0.2) is 6.07 Å². The molecule has 17 heavy (non-hydrogen) atoms. The van der Waals surface area contributed by atoms with Crippen molar-refractivity contribution in [2.45, 2.75) is 12.6 Å². The zero-order valence-electron chi connectivity index (χ0n) is 7.73. The average molecular weight is 367 g/mol.